The molecule has 1 aromatic rings. The predicted molar refractivity (Wildman–Crippen MR) is 64.9 cm³/mol. The summed E-state index contributed by atoms with van der Waals surface area (Å²) in [5.41, 5.74) is 8.99. The normalized spacial score (nSPS) is 12.7. The van der Waals surface area contributed by atoms with E-state index < -0.39 is 0 Å². The molecule has 1 rings (SSSR count). The molecule has 0 amide bonds. The fraction of sp³-hybridized carbons (Fsp3) is 0.538. The minimum atomic E-state index is 0.138. The fourth-order valence-electron chi connectivity index (χ4n) is 1.41. The topological polar surface area (TPSA) is 35.2 Å². The van der Waals surface area contributed by atoms with Crippen LogP contribution >= 0.6 is 0 Å². The molecule has 0 radical (unpaired) electrons. The first-order chi connectivity index (χ1) is 7.15. The Kier molecular flexibility index (Phi) is 4.63. The summed E-state index contributed by atoms with van der Waals surface area (Å²) in [6.45, 7) is 7.07. The van der Waals surface area contributed by atoms with E-state index in [1.54, 1.807) is 0 Å². The van der Waals surface area contributed by atoms with Crippen molar-refractivity contribution in [3.63, 3.8) is 0 Å². The molecule has 1 atom stereocenters. The molecule has 0 heterocycles. The van der Waals surface area contributed by atoms with Crippen molar-refractivity contribution in [2.75, 3.05) is 12.3 Å². The second-order valence-corrected chi connectivity index (χ2v) is 3.98. The van der Waals surface area contributed by atoms with E-state index in [1.165, 1.54) is 6.42 Å². The van der Waals surface area contributed by atoms with Gasteiger partial charge in [-0.1, -0.05) is 25.5 Å². The first-order valence-corrected chi connectivity index (χ1v) is 5.62. The molecule has 15 heavy (non-hydrogen) atoms. The number of nitrogens with two attached hydrogens (primary N) is 1. The maximum atomic E-state index is 5.86. The van der Waals surface area contributed by atoms with Gasteiger partial charge in [0.15, 0.2) is 0 Å². The lowest BCUT2D eigenvalue weighted by molar-refractivity contribution is 0.0637. The van der Waals surface area contributed by atoms with Gasteiger partial charge >= 0.3 is 0 Å². The van der Waals surface area contributed by atoms with Gasteiger partial charge in [0.2, 0.25) is 0 Å². The van der Waals surface area contributed by atoms with Crippen molar-refractivity contribution >= 4 is 5.69 Å². The molecule has 0 aliphatic carbocycles. The Morgan fingerprint density at radius 2 is 2.13 bits per heavy atom. The van der Waals surface area contributed by atoms with E-state index >= 15 is 0 Å². The molecule has 1 unspecified atom stereocenters. The van der Waals surface area contributed by atoms with E-state index in [-0.39, 0.29) is 6.10 Å². The zero-order chi connectivity index (χ0) is 11.3. The molecule has 0 saturated heterocycles. The second kappa shape index (κ2) is 5.76. The van der Waals surface area contributed by atoms with Gasteiger partial charge in [-0.2, -0.15) is 0 Å². The van der Waals surface area contributed by atoms with Gasteiger partial charge in [-0.3, -0.25) is 0 Å². The second-order valence-electron chi connectivity index (χ2n) is 3.98. The summed E-state index contributed by atoms with van der Waals surface area (Å²) >= 11 is 0. The number of benzene rings is 1. The van der Waals surface area contributed by atoms with Crippen molar-refractivity contribution in [2.45, 2.75) is 39.7 Å². The standard InChI is InChI=1S/C13H21NO/c1-4-5-8-15-11(3)12-7-6-10(2)13(14)9-12/h6-7,9,11H,4-5,8,14H2,1-3H3. The van der Waals surface area contributed by atoms with E-state index in [4.69, 9.17) is 10.5 Å². The third kappa shape index (κ3) is 3.56. The van der Waals surface area contributed by atoms with Crippen molar-refractivity contribution in [3.8, 4) is 0 Å². The molecule has 0 aliphatic rings. The number of unbranched alkanes of at least 4 members (excludes halogenated alkanes) is 1. The molecule has 2 N–H and O–H groups in total. The monoisotopic (exact) mass is 207 g/mol. The van der Waals surface area contributed by atoms with Gasteiger partial charge in [0.1, 0.15) is 0 Å². The zero-order valence-electron chi connectivity index (χ0n) is 9.92. The Morgan fingerprint density at radius 1 is 1.40 bits per heavy atom. The Labute approximate surface area is 92.4 Å². The van der Waals surface area contributed by atoms with Crippen LogP contribution in [0.3, 0.4) is 0 Å². The number of aryl methyl sites for hydroxylation is 1. The molecule has 1 aromatic carbocycles. The van der Waals surface area contributed by atoms with Crippen LogP contribution in [0.15, 0.2) is 18.2 Å². The highest BCUT2D eigenvalue weighted by atomic mass is 16.5. The molecule has 0 aromatic heterocycles. The SMILES string of the molecule is CCCCOC(C)c1ccc(C)c(N)c1. The number of hydrogen-bond acceptors (Lipinski definition) is 2. The van der Waals surface area contributed by atoms with Gasteiger partial charge in [-0.25, -0.2) is 0 Å². The lowest BCUT2D eigenvalue weighted by Crippen LogP contribution is -2.02. The minimum absolute atomic E-state index is 0.138. The van der Waals surface area contributed by atoms with Crippen molar-refractivity contribution in [3.05, 3.63) is 29.3 Å². The first kappa shape index (κ1) is 12.1. The number of rotatable bonds is 5. The molecular weight excluding hydrogens is 186 g/mol. The summed E-state index contributed by atoms with van der Waals surface area (Å²) in [5.74, 6) is 0. The van der Waals surface area contributed by atoms with Crippen LogP contribution in [0.2, 0.25) is 0 Å². The molecule has 0 spiro atoms. The van der Waals surface area contributed by atoms with E-state index in [1.807, 2.05) is 19.1 Å². The summed E-state index contributed by atoms with van der Waals surface area (Å²) in [7, 11) is 0. The van der Waals surface area contributed by atoms with Crippen LogP contribution in [0.5, 0.6) is 0 Å². The van der Waals surface area contributed by atoms with Crippen LogP contribution in [0.1, 0.15) is 43.9 Å². The third-order valence-corrected chi connectivity index (χ3v) is 2.64. The van der Waals surface area contributed by atoms with Crippen LogP contribution in [0.25, 0.3) is 0 Å². The Balaban J connectivity index is 2.57. The summed E-state index contributed by atoms with van der Waals surface area (Å²) in [4.78, 5) is 0. The van der Waals surface area contributed by atoms with Crippen LogP contribution in [0, 0.1) is 6.92 Å². The maximum absolute atomic E-state index is 5.86. The third-order valence-electron chi connectivity index (χ3n) is 2.64. The van der Waals surface area contributed by atoms with Crippen molar-refractivity contribution < 1.29 is 4.74 Å². The summed E-state index contributed by atoms with van der Waals surface area (Å²) < 4.78 is 5.71. The van der Waals surface area contributed by atoms with Gasteiger partial charge in [0.25, 0.3) is 0 Å². The van der Waals surface area contributed by atoms with Crippen LogP contribution < -0.4 is 5.73 Å². The first-order valence-electron chi connectivity index (χ1n) is 5.62. The molecular formula is C13H21NO. The van der Waals surface area contributed by atoms with Gasteiger partial charge in [0.05, 0.1) is 6.10 Å². The van der Waals surface area contributed by atoms with Crippen LogP contribution in [0.4, 0.5) is 5.69 Å². The van der Waals surface area contributed by atoms with Crippen LogP contribution in [-0.4, -0.2) is 6.61 Å². The predicted octanol–water partition coefficient (Wildman–Crippen LogP) is 3.45. The average molecular weight is 207 g/mol. The number of ether oxygens (including phenoxy) is 1. The lowest BCUT2D eigenvalue weighted by atomic mass is 10.1. The number of anilines is 1. The van der Waals surface area contributed by atoms with Gasteiger partial charge in [0, 0.05) is 12.3 Å². The maximum Gasteiger partial charge on any atom is 0.0797 e. The van der Waals surface area contributed by atoms with Gasteiger partial charge < -0.3 is 10.5 Å². The van der Waals surface area contributed by atoms with Crippen molar-refractivity contribution in [1.82, 2.24) is 0 Å². The highest BCUT2D eigenvalue weighted by Crippen LogP contribution is 2.21. The number of hydrogen-bond donors (Lipinski definition) is 1. The van der Waals surface area contributed by atoms with Crippen molar-refractivity contribution in [2.24, 2.45) is 0 Å². The lowest BCUT2D eigenvalue weighted by Gasteiger charge is -2.14. The summed E-state index contributed by atoms with van der Waals surface area (Å²) in [6, 6.07) is 6.14. The Hall–Kier alpha value is -1.02. The summed E-state index contributed by atoms with van der Waals surface area (Å²) in [6.07, 6.45) is 2.42. The molecule has 0 aliphatic heterocycles. The number of nitrogen functional groups attached to an aromatic ring is 1. The molecule has 0 bridgehead atoms. The highest BCUT2D eigenvalue weighted by Gasteiger charge is 2.06. The summed E-state index contributed by atoms with van der Waals surface area (Å²) in [5, 5.41) is 0. The molecule has 2 nitrogen and oxygen atoms in total. The quantitative estimate of drug-likeness (QED) is 0.593. The van der Waals surface area contributed by atoms with Gasteiger partial charge in [-0.05, 0) is 37.5 Å². The smallest absolute Gasteiger partial charge is 0.0797 e. The van der Waals surface area contributed by atoms with E-state index in [0.29, 0.717) is 0 Å². The van der Waals surface area contributed by atoms with Crippen molar-refractivity contribution in [1.29, 1.82) is 0 Å². The molecule has 2 heteroatoms. The molecule has 0 saturated carbocycles. The average Bonchev–Trinajstić information content (AvgIpc) is 2.22. The van der Waals surface area contributed by atoms with Gasteiger partial charge in [-0.15, -0.1) is 0 Å². The molecule has 84 valence electrons. The zero-order valence-corrected chi connectivity index (χ0v) is 9.92. The minimum Gasteiger partial charge on any atom is -0.399 e. The Bertz CT molecular complexity index is 309. The highest BCUT2D eigenvalue weighted by molar-refractivity contribution is 5.48. The van der Waals surface area contributed by atoms with Crippen LogP contribution in [-0.2, 0) is 4.74 Å². The largest absolute Gasteiger partial charge is 0.399 e. The Morgan fingerprint density at radius 3 is 2.73 bits per heavy atom. The molecule has 0 fully saturated rings. The van der Waals surface area contributed by atoms with E-state index in [9.17, 15) is 0 Å². The van der Waals surface area contributed by atoms with E-state index in [2.05, 4.69) is 19.9 Å². The van der Waals surface area contributed by atoms with E-state index in [0.717, 1.165) is 29.8 Å². The fourth-order valence-corrected chi connectivity index (χ4v) is 1.41.